The number of nitrogens with zero attached hydrogens (tertiary/aromatic N) is 2. The van der Waals surface area contributed by atoms with Crippen molar-refractivity contribution in [3.8, 4) is 6.07 Å². The number of non-ortho nitro benzene ring substituents is 1. The average Bonchev–Trinajstić information content (AvgIpc) is 2.55. The first-order chi connectivity index (χ1) is 11.0. The predicted octanol–water partition coefficient (Wildman–Crippen LogP) is 3.20. The minimum absolute atomic E-state index is 0.0108. The molecule has 1 fully saturated rings. The molecule has 1 saturated carbocycles. The molecule has 23 heavy (non-hydrogen) atoms. The van der Waals surface area contributed by atoms with Gasteiger partial charge in [-0.2, -0.15) is 5.26 Å². The summed E-state index contributed by atoms with van der Waals surface area (Å²) in [5.74, 6) is 0.0246. The molecule has 6 nitrogen and oxygen atoms in total. The minimum atomic E-state index is -0.490. The third kappa shape index (κ3) is 4.39. The molecule has 2 rings (SSSR count). The molecule has 0 unspecified atom stereocenters. The summed E-state index contributed by atoms with van der Waals surface area (Å²) in [5, 5.41) is 22.8. The average molecular weight is 313 g/mol. The number of carbonyl (C=O) groups excluding carboxylic acids is 1. The molecule has 1 aromatic carbocycles. The molecular weight excluding hydrogens is 294 g/mol. The van der Waals surface area contributed by atoms with Gasteiger partial charge in [-0.25, -0.2) is 0 Å². The predicted molar refractivity (Wildman–Crippen MR) is 86.2 cm³/mol. The number of nitrogens with one attached hydrogen (secondary N) is 1. The molecular formula is C17H19N3O3. The van der Waals surface area contributed by atoms with Crippen molar-refractivity contribution in [1.82, 2.24) is 5.32 Å². The fourth-order valence-corrected chi connectivity index (χ4v) is 2.78. The third-order valence-corrected chi connectivity index (χ3v) is 4.21. The maximum Gasteiger partial charge on any atom is 0.269 e. The Balaban J connectivity index is 2.10. The van der Waals surface area contributed by atoms with E-state index < -0.39 is 4.92 Å². The van der Waals surface area contributed by atoms with Crippen molar-refractivity contribution in [2.24, 2.45) is 5.92 Å². The van der Waals surface area contributed by atoms with Gasteiger partial charge in [0.15, 0.2) is 0 Å². The fraction of sp³-hybridized carbons (Fsp3) is 0.412. The minimum Gasteiger partial charge on any atom is -0.348 e. The van der Waals surface area contributed by atoms with E-state index >= 15 is 0 Å². The molecule has 0 aliphatic heterocycles. The van der Waals surface area contributed by atoms with Gasteiger partial charge in [0, 0.05) is 18.2 Å². The molecule has 1 aromatic rings. The molecule has 0 bridgehead atoms. The molecule has 1 N–H and O–H groups in total. The van der Waals surface area contributed by atoms with Crippen molar-refractivity contribution in [3.63, 3.8) is 0 Å². The first-order valence-electron chi connectivity index (χ1n) is 7.68. The zero-order valence-corrected chi connectivity index (χ0v) is 13.0. The summed E-state index contributed by atoms with van der Waals surface area (Å²) < 4.78 is 0. The van der Waals surface area contributed by atoms with Gasteiger partial charge in [-0.15, -0.1) is 0 Å². The van der Waals surface area contributed by atoms with E-state index in [1.807, 2.05) is 6.07 Å². The number of nitro groups is 1. The highest BCUT2D eigenvalue weighted by atomic mass is 16.6. The Morgan fingerprint density at radius 3 is 2.57 bits per heavy atom. The van der Waals surface area contributed by atoms with E-state index in [1.54, 1.807) is 0 Å². The van der Waals surface area contributed by atoms with E-state index in [4.69, 9.17) is 0 Å². The second-order valence-electron chi connectivity index (χ2n) is 5.86. The highest BCUT2D eigenvalue weighted by Gasteiger charge is 2.24. The number of amides is 1. The number of nitriles is 1. The first kappa shape index (κ1) is 16.7. The van der Waals surface area contributed by atoms with Gasteiger partial charge in [0.2, 0.25) is 0 Å². The SMILES string of the molecule is C[C@@H]1CCCC[C@@H]1NC(=O)/C(C#N)=C/c1ccc([N+](=O)[O-])cc1. The lowest BCUT2D eigenvalue weighted by atomic mass is 9.86. The molecule has 120 valence electrons. The summed E-state index contributed by atoms with van der Waals surface area (Å²) in [5.41, 5.74) is 0.566. The maximum atomic E-state index is 12.3. The van der Waals surface area contributed by atoms with Crippen LogP contribution in [-0.4, -0.2) is 16.9 Å². The van der Waals surface area contributed by atoms with Gasteiger partial charge in [-0.1, -0.05) is 19.8 Å². The van der Waals surface area contributed by atoms with Gasteiger partial charge in [0.05, 0.1) is 4.92 Å². The van der Waals surface area contributed by atoms with Crippen LogP contribution in [0.1, 0.15) is 38.2 Å². The smallest absolute Gasteiger partial charge is 0.269 e. The Morgan fingerprint density at radius 1 is 1.35 bits per heavy atom. The van der Waals surface area contributed by atoms with E-state index in [0.717, 1.165) is 19.3 Å². The van der Waals surface area contributed by atoms with E-state index in [2.05, 4.69) is 12.2 Å². The topological polar surface area (TPSA) is 96.0 Å². The number of carbonyl (C=O) groups is 1. The number of rotatable bonds is 4. The Bertz CT molecular complexity index is 659. The molecule has 0 heterocycles. The van der Waals surface area contributed by atoms with Gasteiger partial charge in [0.25, 0.3) is 11.6 Å². The van der Waals surface area contributed by atoms with Crippen LogP contribution in [0.15, 0.2) is 29.8 Å². The molecule has 6 heteroatoms. The molecule has 1 aliphatic carbocycles. The molecule has 1 aliphatic rings. The summed E-state index contributed by atoms with van der Waals surface area (Å²) in [4.78, 5) is 22.4. The highest BCUT2D eigenvalue weighted by molar-refractivity contribution is 6.01. The standard InChI is InChI=1S/C17H19N3O3/c1-12-4-2-3-5-16(12)19-17(21)14(11-18)10-13-6-8-15(9-7-13)20(22)23/h6-10,12,16H,2-5H2,1H3,(H,19,21)/b14-10+/t12-,16+/m1/s1. The summed E-state index contributed by atoms with van der Waals surface area (Å²) >= 11 is 0. The zero-order chi connectivity index (χ0) is 16.8. The summed E-state index contributed by atoms with van der Waals surface area (Å²) in [6, 6.07) is 7.75. The maximum absolute atomic E-state index is 12.3. The lowest BCUT2D eigenvalue weighted by Crippen LogP contribution is -2.41. The van der Waals surface area contributed by atoms with Crippen molar-refractivity contribution in [1.29, 1.82) is 5.26 Å². The van der Waals surface area contributed by atoms with Gasteiger partial charge in [-0.05, 0) is 42.5 Å². The summed E-state index contributed by atoms with van der Waals surface area (Å²) in [6.07, 6.45) is 5.73. The molecule has 0 aromatic heterocycles. The fourth-order valence-electron chi connectivity index (χ4n) is 2.78. The second kappa shape index (κ2) is 7.54. The van der Waals surface area contributed by atoms with Crippen LogP contribution in [0.4, 0.5) is 5.69 Å². The van der Waals surface area contributed by atoms with E-state index in [9.17, 15) is 20.2 Å². The third-order valence-electron chi connectivity index (χ3n) is 4.21. The molecule has 0 radical (unpaired) electrons. The van der Waals surface area contributed by atoms with Gasteiger partial charge < -0.3 is 5.32 Å². The van der Waals surface area contributed by atoms with E-state index in [1.165, 1.54) is 36.8 Å². The van der Waals surface area contributed by atoms with Crippen molar-refractivity contribution < 1.29 is 9.72 Å². The Morgan fingerprint density at radius 2 is 2.00 bits per heavy atom. The van der Waals surface area contributed by atoms with Crippen molar-refractivity contribution in [2.75, 3.05) is 0 Å². The van der Waals surface area contributed by atoms with Crippen LogP contribution in [0.5, 0.6) is 0 Å². The van der Waals surface area contributed by atoms with Crippen LogP contribution in [0.3, 0.4) is 0 Å². The van der Waals surface area contributed by atoms with E-state index in [-0.39, 0.29) is 23.2 Å². The molecule has 0 spiro atoms. The monoisotopic (exact) mass is 313 g/mol. The van der Waals surface area contributed by atoms with Crippen LogP contribution >= 0.6 is 0 Å². The van der Waals surface area contributed by atoms with Crippen LogP contribution in [0.25, 0.3) is 6.08 Å². The van der Waals surface area contributed by atoms with Crippen LogP contribution in [0.2, 0.25) is 0 Å². The quantitative estimate of drug-likeness (QED) is 0.399. The van der Waals surface area contributed by atoms with Gasteiger partial charge in [-0.3, -0.25) is 14.9 Å². The Labute approximate surface area is 135 Å². The molecule has 1 amide bonds. The van der Waals surface area contributed by atoms with Crippen molar-refractivity contribution in [2.45, 2.75) is 38.6 Å². The molecule has 0 saturated heterocycles. The van der Waals surface area contributed by atoms with E-state index in [0.29, 0.717) is 11.5 Å². The van der Waals surface area contributed by atoms with Crippen molar-refractivity contribution in [3.05, 3.63) is 45.5 Å². The normalized spacial score (nSPS) is 21.3. The number of hydrogen-bond donors (Lipinski definition) is 1. The Hall–Kier alpha value is -2.68. The molecule has 2 atom stereocenters. The lowest BCUT2D eigenvalue weighted by Gasteiger charge is -2.29. The number of nitro benzene ring substituents is 1. The van der Waals surface area contributed by atoms with Crippen LogP contribution in [0, 0.1) is 27.4 Å². The number of hydrogen-bond acceptors (Lipinski definition) is 4. The van der Waals surface area contributed by atoms with Crippen LogP contribution < -0.4 is 5.32 Å². The van der Waals surface area contributed by atoms with Crippen LogP contribution in [-0.2, 0) is 4.79 Å². The zero-order valence-electron chi connectivity index (χ0n) is 13.0. The first-order valence-corrected chi connectivity index (χ1v) is 7.68. The van der Waals surface area contributed by atoms with Gasteiger partial charge in [0.1, 0.15) is 11.6 Å². The summed E-state index contributed by atoms with van der Waals surface area (Å²) in [7, 11) is 0. The van der Waals surface area contributed by atoms with Crippen molar-refractivity contribution >= 4 is 17.7 Å². The lowest BCUT2D eigenvalue weighted by molar-refractivity contribution is -0.384. The Kier molecular flexibility index (Phi) is 5.47. The number of benzene rings is 1. The largest absolute Gasteiger partial charge is 0.348 e. The van der Waals surface area contributed by atoms with Gasteiger partial charge >= 0.3 is 0 Å². The highest BCUT2D eigenvalue weighted by Crippen LogP contribution is 2.24. The summed E-state index contributed by atoms with van der Waals surface area (Å²) in [6.45, 7) is 2.11. The second-order valence-corrected chi connectivity index (χ2v) is 5.86.